The van der Waals surface area contributed by atoms with Crippen molar-refractivity contribution in [2.45, 2.75) is 30.6 Å². The Morgan fingerprint density at radius 3 is 2.28 bits per heavy atom. The van der Waals surface area contributed by atoms with Crippen LogP contribution in [0.2, 0.25) is 0 Å². The van der Waals surface area contributed by atoms with Gasteiger partial charge in [0, 0.05) is 51.3 Å². The molecule has 0 atom stereocenters. The first-order chi connectivity index (χ1) is 15.4. The fourth-order valence-corrected chi connectivity index (χ4v) is 6.28. The number of aryl methyl sites for hydroxylation is 1. The predicted molar refractivity (Wildman–Crippen MR) is 123 cm³/mol. The van der Waals surface area contributed by atoms with Crippen molar-refractivity contribution in [1.29, 1.82) is 0 Å². The van der Waals surface area contributed by atoms with E-state index in [1.807, 2.05) is 18.2 Å². The van der Waals surface area contributed by atoms with E-state index in [1.165, 1.54) is 0 Å². The van der Waals surface area contributed by atoms with E-state index in [2.05, 4.69) is 17.0 Å². The Hall–Kier alpha value is -2.87. The van der Waals surface area contributed by atoms with Crippen LogP contribution in [0, 0.1) is 0 Å². The van der Waals surface area contributed by atoms with E-state index in [9.17, 15) is 18.0 Å². The molecule has 2 amide bonds. The Kier molecular flexibility index (Phi) is 5.41. The van der Waals surface area contributed by atoms with Gasteiger partial charge in [0.15, 0.2) is 9.84 Å². The summed E-state index contributed by atoms with van der Waals surface area (Å²) in [7, 11) is -3.57. The number of piperazine rings is 1. The van der Waals surface area contributed by atoms with Gasteiger partial charge in [-0.05, 0) is 48.2 Å². The maximum Gasteiger partial charge on any atom is 0.227 e. The first-order valence-corrected chi connectivity index (χ1v) is 12.8. The van der Waals surface area contributed by atoms with Gasteiger partial charge in [0.25, 0.3) is 0 Å². The Bertz CT molecular complexity index is 1160. The van der Waals surface area contributed by atoms with Crippen LogP contribution >= 0.6 is 0 Å². The van der Waals surface area contributed by atoms with E-state index in [4.69, 9.17) is 0 Å². The number of sulfone groups is 1. The van der Waals surface area contributed by atoms with Crippen molar-refractivity contribution < 1.29 is 18.0 Å². The highest BCUT2D eigenvalue weighted by atomic mass is 32.2. The van der Waals surface area contributed by atoms with Crippen molar-refractivity contribution >= 4 is 33.0 Å². The van der Waals surface area contributed by atoms with Crippen LogP contribution in [0.3, 0.4) is 0 Å². The van der Waals surface area contributed by atoms with Crippen molar-refractivity contribution in [3.63, 3.8) is 0 Å². The van der Waals surface area contributed by atoms with Crippen LogP contribution in [0.1, 0.15) is 24.0 Å². The molecule has 1 fully saturated rings. The number of hydrogen-bond acceptors (Lipinski definition) is 5. The second-order valence-electron chi connectivity index (χ2n) is 8.66. The van der Waals surface area contributed by atoms with Crippen LogP contribution in [0.4, 0.5) is 11.4 Å². The number of rotatable bonds is 5. The molecule has 2 aromatic rings. The average molecular weight is 454 g/mol. The van der Waals surface area contributed by atoms with Crippen molar-refractivity contribution in [2.75, 3.05) is 48.3 Å². The summed E-state index contributed by atoms with van der Waals surface area (Å²) in [5.41, 5.74) is 3.91. The average Bonchev–Trinajstić information content (AvgIpc) is 3.26. The molecule has 0 radical (unpaired) electrons. The van der Waals surface area contributed by atoms with Gasteiger partial charge in [-0.25, -0.2) is 8.42 Å². The fraction of sp³-hybridized carbons (Fsp3) is 0.417. The van der Waals surface area contributed by atoms with Gasteiger partial charge in [0.05, 0.1) is 16.3 Å². The lowest BCUT2D eigenvalue weighted by Gasteiger charge is -2.36. The van der Waals surface area contributed by atoms with Gasteiger partial charge in [-0.3, -0.25) is 9.59 Å². The zero-order valence-corrected chi connectivity index (χ0v) is 18.8. The zero-order valence-electron chi connectivity index (χ0n) is 18.0. The molecule has 0 N–H and O–H groups in total. The SMILES string of the molecule is O=C(CCS(=O)(=O)c1cc2c3c(c1)CCN3C(=O)CC2)N1CCN(c2ccccc2)CC1. The van der Waals surface area contributed by atoms with Gasteiger partial charge in [-0.15, -0.1) is 0 Å². The minimum absolute atomic E-state index is 0.00923. The first-order valence-electron chi connectivity index (χ1n) is 11.2. The lowest BCUT2D eigenvalue weighted by molar-refractivity contribution is -0.131. The summed E-state index contributed by atoms with van der Waals surface area (Å²) < 4.78 is 26.1. The summed E-state index contributed by atoms with van der Waals surface area (Å²) in [6.07, 6.45) is 1.67. The molecule has 7 nitrogen and oxygen atoms in total. The van der Waals surface area contributed by atoms with Crippen molar-refractivity contribution in [1.82, 2.24) is 4.90 Å². The summed E-state index contributed by atoms with van der Waals surface area (Å²) in [6.45, 7) is 3.30. The minimum atomic E-state index is -3.57. The Labute approximate surface area is 188 Å². The molecule has 5 rings (SSSR count). The molecule has 168 valence electrons. The molecule has 3 aliphatic heterocycles. The third-order valence-corrected chi connectivity index (χ3v) is 8.42. The number of carbonyl (C=O) groups is 2. The van der Waals surface area contributed by atoms with Gasteiger partial charge >= 0.3 is 0 Å². The van der Waals surface area contributed by atoms with Gasteiger partial charge in [0.1, 0.15) is 0 Å². The molecule has 0 saturated carbocycles. The molecule has 8 heteroatoms. The second-order valence-corrected chi connectivity index (χ2v) is 10.8. The molecule has 0 spiro atoms. The molecule has 3 aliphatic rings. The minimum Gasteiger partial charge on any atom is -0.368 e. The lowest BCUT2D eigenvalue weighted by Crippen LogP contribution is -2.49. The second kappa shape index (κ2) is 8.24. The monoisotopic (exact) mass is 453 g/mol. The number of anilines is 2. The molecule has 0 bridgehead atoms. The normalized spacial score (nSPS) is 18.1. The Morgan fingerprint density at radius 1 is 0.875 bits per heavy atom. The van der Waals surface area contributed by atoms with Crippen LogP contribution in [0.5, 0.6) is 0 Å². The van der Waals surface area contributed by atoms with E-state index in [-0.39, 0.29) is 28.9 Å². The summed E-state index contributed by atoms with van der Waals surface area (Å²) in [6, 6.07) is 13.5. The molecule has 1 saturated heterocycles. The number of benzene rings is 2. The standard InChI is InChI=1S/C24H27N3O4S/c28-22(26-13-11-25(12-14-26)20-4-2-1-3-5-20)9-15-32(30,31)21-16-18-6-7-23(29)27-10-8-19(17-21)24(18)27/h1-5,16-17H,6-15H2. The zero-order chi connectivity index (χ0) is 22.3. The molecular formula is C24H27N3O4S. The third kappa shape index (κ3) is 3.88. The highest BCUT2D eigenvalue weighted by Gasteiger charge is 2.33. The van der Waals surface area contributed by atoms with Gasteiger partial charge < -0.3 is 14.7 Å². The summed E-state index contributed by atoms with van der Waals surface area (Å²) >= 11 is 0. The third-order valence-electron chi connectivity index (χ3n) is 6.72. The lowest BCUT2D eigenvalue weighted by atomic mass is 10.00. The topological polar surface area (TPSA) is 78.0 Å². The van der Waals surface area contributed by atoms with E-state index in [1.54, 1.807) is 21.9 Å². The number of hydrogen-bond donors (Lipinski definition) is 0. The van der Waals surface area contributed by atoms with E-state index < -0.39 is 9.84 Å². The van der Waals surface area contributed by atoms with Crippen molar-refractivity contribution in [2.24, 2.45) is 0 Å². The van der Waals surface area contributed by atoms with Crippen LogP contribution in [0.25, 0.3) is 0 Å². The van der Waals surface area contributed by atoms with E-state index >= 15 is 0 Å². The smallest absolute Gasteiger partial charge is 0.227 e. The van der Waals surface area contributed by atoms with E-state index in [0.29, 0.717) is 38.9 Å². The number of amides is 2. The molecule has 3 heterocycles. The fourth-order valence-electron chi connectivity index (χ4n) is 4.96. The summed E-state index contributed by atoms with van der Waals surface area (Å²) in [4.78, 5) is 30.9. The predicted octanol–water partition coefficient (Wildman–Crippen LogP) is 2.03. The van der Waals surface area contributed by atoms with Gasteiger partial charge in [-0.2, -0.15) is 0 Å². The molecule has 0 aromatic heterocycles. The van der Waals surface area contributed by atoms with Crippen LogP contribution in [0.15, 0.2) is 47.4 Å². The molecule has 2 aromatic carbocycles. The Balaban J connectivity index is 1.22. The largest absolute Gasteiger partial charge is 0.368 e. The van der Waals surface area contributed by atoms with Gasteiger partial charge in [0.2, 0.25) is 11.8 Å². The van der Waals surface area contributed by atoms with Crippen molar-refractivity contribution in [3.8, 4) is 0 Å². The summed E-state index contributed by atoms with van der Waals surface area (Å²) in [5, 5.41) is 0. The van der Waals surface area contributed by atoms with E-state index in [0.717, 1.165) is 35.6 Å². The molecule has 32 heavy (non-hydrogen) atoms. The van der Waals surface area contributed by atoms with Crippen LogP contribution in [-0.4, -0.2) is 63.6 Å². The quantitative estimate of drug-likeness (QED) is 0.692. The number of carbonyl (C=O) groups excluding carboxylic acids is 2. The highest BCUT2D eigenvalue weighted by molar-refractivity contribution is 7.91. The van der Waals surface area contributed by atoms with Gasteiger partial charge in [-0.1, -0.05) is 18.2 Å². The first kappa shape index (κ1) is 21.0. The highest BCUT2D eigenvalue weighted by Crippen LogP contribution is 2.38. The van der Waals surface area contributed by atoms with Crippen LogP contribution in [-0.2, 0) is 32.3 Å². The molecule has 0 unspecified atom stereocenters. The summed E-state index contributed by atoms with van der Waals surface area (Å²) in [5.74, 6) is -0.184. The molecule has 0 aliphatic carbocycles. The maximum atomic E-state index is 13.0. The van der Waals surface area contributed by atoms with Crippen molar-refractivity contribution in [3.05, 3.63) is 53.6 Å². The number of nitrogens with zero attached hydrogens (tertiary/aromatic N) is 3. The number of para-hydroxylation sites is 1. The Morgan fingerprint density at radius 2 is 1.56 bits per heavy atom. The maximum absolute atomic E-state index is 13.0. The molecular weight excluding hydrogens is 426 g/mol. The van der Waals surface area contributed by atoms with Crippen LogP contribution < -0.4 is 9.80 Å².